The molecule has 0 fully saturated rings. The van der Waals surface area contributed by atoms with Crippen LogP contribution in [-0.2, 0) is 9.59 Å². The van der Waals surface area contributed by atoms with E-state index in [0.717, 1.165) is 0 Å². The molecule has 0 rings (SSSR count). The summed E-state index contributed by atoms with van der Waals surface area (Å²) >= 11 is 0. The molecule has 0 aliphatic heterocycles. The van der Waals surface area contributed by atoms with E-state index in [0.29, 0.717) is 13.1 Å². The van der Waals surface area contributed by atoms with Crippen LogP contribution in [0.5, 0.6) is 0 Å². The van der Waals surface area contributed by atoms with Gasteiger partial charge < -0.3 is 16.4 Å². The molecule has 0 aromatic carbocycles. The predicted octanol–water partition coefficient (Wildman–Crippen LogP) is 0.392. The lowest BCUT2D eigenvalue weighted by Crippen LogP contribution is -2.45. The SMILES string of the molecule is CC(C)(N)CNC(=O)CCNC(=O)C(C)(C)C. The van der Waals surface area contributed by atoms with E-state index in [1.54, 1.807) is 0 Å². The smallest absolute Gasteiger partial charge is 0.225 e. The van der Waals surface area contributed by atoms with Crippen LogP contribution in [0.15, 0.2) is 0 Å². The highest BCUT2D eigenvalue weighted by atomic mass is 16.2. The van der Waals surface area contributed by atoms with Crippen LogP contribution in [0.25, 0.3) is 0 Å². The fourth-order valence-corrected chi connectivity index (χ4v) is 0.970. The lowest BCUT2D eigenvalue weighted by atomic mass is 9.96. The molecule has 0 aliphatic carbocycles. The van der Waals surface area contributed by atoms with Gasteiger partial charge in [0.1, 0.15) is 0 Å². The molecule has 2 amide bonds. The van der Waals surface area contributed by atoms with Crippen LogP contribution < -0.4 is 16.4 Å². The summed E-state index contributed by atoms with van der Waals surface area (Å²) in [4.78, 5) is 22.9. The van der Waals surface area contributed by atoms with Crippen LogP contribution in [0.1, 0.15) is 41.0 Å². The molecule has 0 unspecified atom stereocenters. The first-order chi connectivity index (χ1) is 7.52. The van der Waals surface area contributed by atoms with Gasteiger partial charge in [0.05, 0.1) is 0 Å². The van der Waals surface area contributed by atoms with E-state index in [-0.39, 0.29) is 18.2 Å². The third-order valence-corrected chi connectivity index (χ3v) is 2.06. The first kappa shape index (κ1) is 15.9. The molecule has 17 heavy (non-hydrogen) atoms. The van der Waals surface area contributed by atoms with Crippen molar-refractivity contribution in [3.8, 4) is 0 Å². The Hall–Kier alpha value is -1.10. The van der Waals surface area contributed by atoms with Crippen LogP contribution in [0.2, 0.25) is 0 Å². The minimum absolute atomic E-state index is 0.0514. The largest absolute Gasteiger partial charge is 0.355 e. The first-order valence-electron chi connectivity index (χ1n) is 5.86. The minimum Gasteiger partial charge on any atom is -0.355 e. The summed E-state index contributed by atoms with van der Waals surface area (Å²) in [5.41, 5.74) is 4.90. The molecule has 0 aromatic rings. The predicted molar refractivity (Wildman–Crippen MR) is 68.4 cm³/mol. The monoisotopic (exact) mass is 243 g/mol. The highest BCUT2D eigenvalue weighted by molar-refractivity contribution is 5.82. The molecule has 0 spiro atoms. The first-order valence-corrected chi connectivity index (χ1v) is 5.86. The Morgan fingerprint density at radius 1 is 1.06 bits per heavy atom. The Kier molecular flexibility index (Phi) is 5.61. The van der Waals surface area contributed by atoms with Crippen molar-refractivity contribution in [1.29, 1.82) is 0 Å². The average molecular weight is 243 g/mol. The topological polar surface area (TPSA) is 84.2 Å². The maximum absolute atomic E-state index is 11.5. The molecule has 0 saturated carbocycles. The van der Waals surface area contributed by atoms with Crippen molar-refractivity contribution in [1.82, 2.24) is 10.6 Å². The minimum atomic E-state index is -0.421. The van der Waals surface area contributed by atoms with Gasteiger partial charge in [-0.2, -0.15) is 0 Å². The standard InChI is InChI=1S/C12H25N3O2/c1-11(2,3)10(17)14-7-6-9(16)15-8-12(4,5)13/h6-8,13H2,1-5H3,(H,14,17)(H,15,16). The highest BCUT2D eigenvalue weighted by Crippen LogP contribution is 2.11. The van der Waals surface area contributed by atoms with Gasteiger partial charge in [0.15, 0.2) is 0 Å². The van der Waals surface area contributed by atoms with Crippen LogP contribution in [0.4, 0.5) is 0 Å². The maximum Gasteiger partial charge on any atom is 0.225 e. The van der Waals surface area contributed by atoms with Crippen molar-refractivity contribution >= 4 is 11.8 Å². The molecule has 0 aliphatic rings. The van der Waals surface area contributed by atoms with E-state index < -0.39 is 11.0 Å². The van der Waals surface area contributed by atoms with E-state index in [9.17, 15) is 9.59 Å². The normalized spacial score (nSPS) is 12.1. The summed E-state index contributed by atoms with van der Waals surface area (Å²) in [6.45, 7) is 9.97. The second kappa shape index (κ2) is 6.00. The number of amides is 2. The summed E-state index contributed by atoms with van der Waals surface area (Å²) in [5, 5.41) is 5.44. The maximum atomic E-state index is 11.5. The number of hydrogen-bond acceptors (Lipinski definition) is 3. The van der Waals surface area contributed by atoms with Gasteiger partial charge in [-0.1, -0.05) is 20.8 Å². The van der Waals surface area contributed by atoms with Gasteiger partial charge in [-0.05, 0) is 13.8 Å². The zero-order valence-electron chi connectivity index (χ0n) is 11.5. The van der Waals surface area contributed by atoms with Crippen molar-refractivity contribution in [2.24, 2.45) is 11.1 Å². The zero-order chi connectivity index (χ0) is 13.7. The fraction of sp³-hybridized carbons (Fsp3) is 0.833. The van der Waals surface area contributed by atoms with E-state index in [4.69, 9.17) is 5.73 Å². The molecule has 5 heteroatoms. The number of hydrogen-bond donors (Lipinski definition) is 3. The van der Waals surface area contributed by atoms with Gasteiger partial charge in [0, 0.05) is 30.5 Å². The van der Waals surface area contributed by atoms with Gasteiger partial charge in [0.25, 0.3) is 0 Å². The quantitative estimate of drug-likeness (QED) is 0.653. The van der Waals surface area contributed by atoms with Crippen molar-refractivity contribution < 1.29 is 9.59 Å². The second-order valence-corrected chi connectivity index (χ2v) is 6.02. The summed E-state index contributed by atoms with van der Waals surface area (Å²) in [6.07, 6.45) is 0.276. The molecule has 4 N–H and O–H groups in total. The molecule has 0 aromatic heterocycles. The van der Waals surface area contributed by atoms with Crippen LogP contribution in [-0.4, -0.2) is 30.4 Å². The molecule has 100 valence electrons. The Labute approximate surface area is 104 Å². The number of carbonyl (C=O) groups excluding carboxylic acids is 2. The highest BCUT2D eigenvalue weighted by Gasteiger charge is 2.20. The number of rotatable bonds is 5. The van der Waals surface area contributed by atoms with Gasteiger partial charge in [-0.3, -0.25) is 9.59 Å². The number of nitrogens with one attached hydrogen (secondary N) is 2. The van der Waals surface area contributed by atoms with Crippen LogP contribution in [0, 0.1) is 5.41 Å². The zero-order valence-corrected chi connectivity index (χ0v) is 11.5. The second-order valence-electron chi connectivity index (χ2n) is 6.02. The molecule has 0 saturated heterocycles. The van der Waals surface area contributed by atoms with E-state index >= 15 is 0 Å². The molecule has 0 bridgehead atoms. The summed E-state index contributed by atoms with van der Waals surface area (Å²) in [5.74, 6) is -0.151. The van der Waals surface area contributed by atoms with Gasteiger partial charge in [-0.25, -0.2) is 0 Å². The Bertz CT molecular complexity index is 274. The van der Waals surface area contributed by atoms with E-state index in [2.05, 4.69) is 10.6 Å². The molecule has 0 radical (unpaired) electrons. The van der Waals surface area contributed by atoms with Crippen molar-refractivity contribution in [2.75, 3.05) is 13.1 Å². The molecule has 0 heterocycles. The van der Waals surface area contributed by atoms with Crippen molar-refractivity contribution in [3.63, 3.8) is 0 Å². The number of carbonyl (C=O) groups is 2. The van der Waals surface area contributed by atoms with Crippen molar-refractivity contribution in [2.45, 2.75) is 46.6 Å². The van der Waals surface area contributed by atoms with Gasteiger partial charge in [-0.15, -0.1) is 0 Å². The lowest BCUT2D eigenvalue weighted by Gasteiger charge is -2.19. The summed E-state index contributed by atoms with van der Waals surface area (Å²) in [6, 6.07) is 0. The Balaban J connectivity index is 3.77. The summed E-state index contributed by atoms with van der Waals surface area (Å²) in [7, 11) is 0. The molecular formula is C12H25N3O2. The Morgan fingerprint density at radius 2 is 1.59 bits per heavy atom. The molecule has 5 nitrogen and oxygen atoms in total. The van der Waals surface area contributed by atoms with Gasteiger partial charge in [0.2, 0.25) is 11.8 Å². The summed E-state index contributed by atoms with van der Waals surface area (Å²) < 4.78 is 0. The fourth-order valence-electron chi connectivity index (χ4n) is 0.970. The third kappa shape index (κ3) is 8.68. The molecule has 0 atom stereocenters. The van der Waals surface area contributed by atoms with E-state index in [1.165, 1.54) is 0 Å². The van der Waals surface area contributed by atoms with Gasteiger partial charge >= 0.3 is 0 Å². The number of nitrogens with two attached hydrogens (primary N) is 1. The van der Waals surface area contributed by atoms with E-state index in [1.807, 2.05) is 34.6 Å². The van der Waals surface area contributed by atoms with Crippen molar-refractivity contribution in [3.05, 3.63) is 0 Å². The molecular weight excluding hydrogens is 218 g/mol. The average Bonchev–Trinajstić information content (AvgIpc) is 2.12. The third-order valence-electron chi connectivity index (χ3n) is 2.06. The van der Waals surface area contributed by atoms with Crippen LogP contribution in [0.3, 0.4) is 0 Å². The lowest BCUT2D eigenvalue weighted by molar-refractivity contribution is -0.128. The Morgan fingerprint density at radius 3 is 2.00 bits per heavy atom. The van der Waals surface area contributed by atoms with Crippen LogP contribution >= 0.6 is 0 Å².